The van der Waals surface area contributed by atoms with Gasteiger partial charge >= 0.3 is 0 Å². The van der Waals surface area contributed by atoms with E-state index in [1.807, 2.05) is 24.3 Å². The lowest BCUT2D eigenvalue weighted by Gasteiger charge is -2.36. The SMILES string of the molecule is O=C(c1ccccn1)[C@@H]1[C@H](c2ccc([N+](=O)[O-])cc2)[C@H]2CSCN2[C@@]12C(=O)Nc1ccccc12. The number of amides is 1. The van der Waals surface area contributed by atoms with Crippen LogP contribution in [0.15, 0.2) is 72.9 Å². The molecule has 170 valence electrons. The van der Waals surface area contributed by atoms with E-state index in [4.69, 9.17) is 0 Å². The number of Topliss-reactive ketones (excluding diaryl/α,β-unsaturated/α-hetero) is 1. The van der Waals surface area contributed by atoms with Crippen molar-refractivity contribution in [3.63, 3.8) is 0 Å². The Balaban J connectivity index is 1.59. The molecule has 2 saturated heterocycles. The van der Waals surface area contributed by atoms with Crippen LogP contribution in [0.1, 0.15) is 27.5 Å². The smallest absolute Gasteiger partial charge is 0.269 e. The van der Waals surface area contributed by atoms with Crippen LogP contribution in [0.4, 0.5) is 11.4 Å². The van der Waals surface area contributed by atoms with Crippen LogP contribution in [0, 0.1) is 16.0 Å². The molecule has 4 heterocycles. The van der Waals surface area contributed by atoms with Crippen molar-refractivity contribution in [1.82, 2.24) is 9.88 Å². The molecule has 2 fully saturated rings. The molecule has 0 saturated carbocycles. The monoisotopic (exact) mass is 472 g/mol. The molecule has 1 spiro atoms. The molecule has 1 N–H and O–H groups in total. The van der Waals surface area contributed by atoms with Gasteiger partial charge in [0.15, 0.2) is 5.78 Å². The number of nitro benzene ring substituents is 1. The van der Waals surface area contributed by atoms with Crippen LogP contribution >= 0.6 is 11.8 Å². The number of fused-ring (bicyclic) bond motifs is 4. The van der Waals surface area contributed by atoms with Crippen molar-refractivity contribution in [3.05, 3.63) is 99.9 Å². The molecule has 9 heteroatoms. The lowest BCUT2D eigenvalue weighted by atomic mass is 9.70. The molecular formula is C25H20N4O4S. The molecule has 0 unspecified atom stereocenters. The average Bonchev–Trinajstić information content (AvgIpc) is 3.52. The summed E-state index contributed by atoms with van der Waals surface area (Å²) in [5.74, 6) is -0.108. The van der Waals surface area contributed by atoms with Gasteiger partial charge in [0.05, 0.1) is 10.8 Å². The minimum absolute atomic E-state index is 0.00864. The standard InChI is InChI=1S/C25H20N4O4S/c30-23(19-7-3-4-12-26-19)22-21(15-8-10-16(11-9-15)29(32)33)20-13-34-14-28(20)25(22)17-5-1-2-6-18(17)27-24(25)31/h1-12,20-22H,13-14H2,(H,27,31)/t20-,21-,22+,25-/m1/s1. The Labute approximate surface area is 199 Å². The van der Waals surface area contributed by atoms with Crippen LogP contribution in [0.25, 0.3) is 0 Å². The fourth-order valence-electron chi connectivity index (χ4n) is 5.89. The summed E-state index contributed by atoms with van der Waals surface area (Å²) >= 11 is 1.73. The number of ketones is 1. The van der Waals surface area contributed by atoms with Gasteiger partial charge in [-0.25, -0.2) is 0 Å². The zero-order chi connectivity index (χ0) is 23.4. The number of nitro groups is 1. The minimum atomic E-state index is -1.17. The number of carbonyl (C=O) groups excluding carboxylic acids is 2. The molecule has 8 nitrogen and oxygen atoms in total. The van der Waals surface area contributed by atoms with Gasteiger partial charge in [-0.2, -0.15) is 0 Å². The van der Waals surface area contributed by atoms with E-state index in [9.17, 15) is 19.7 Å². The number of thioether (sulfide) groups is 1. The first-order chi connectivity index (χ1) is 16.5. The third kappa shape index (κ3) is 2.80. The number of aromatic nitrogens is 1. The average molecular weight is 473 g/mol. The number of hydrogen-bond donors (Lipinski definition) is 1. The fourth-order valence-corrected chi connectivity index (χ4v) is 7.22. The lowest BCUT2D eigenvalue weighted by Crippen LogP contribution is -2.52. The molecule has 2 aromatic carbocycles. The number of pyridine rings is 1. The van der Waals surface area contributed by atoms with Crippen molar-refractivity contribution in [2.75, 3.05) is 16.9 Å². The van der Waals surface area contributed by atoms with Gasteiger partial charge in [-0.3, -0.25) is 29.6 Å². The number of anilines is 1. The highest BCUT2D eigenvalue weighted by molar-refractivity contribution is 7.99. The second-order valence-corrected chi connectivity index (χ2v) is 9.73. The van der Waals surface area contributed by atoms with Crippen molar-refractivity contribution in [3.8, 4) is 0 Å². The second kappa shape index (κ2) is 7.75. The largest absolute Gasteiger partial charge is 0.324 e. The van der Waals surface area contributed by atoms with E-state index in [0.29, 0.717) is 17.3 Å². The summed E-state index contributed by atoms with van der Waals surface area (Å²) in [4.78, 5) is 45.3. The zero-order valence-corrected chi connectivity index (χ0v) is 18.8. The van der Waals surface area contributed by atoms with Crippen molar-refractivity contribution < 1.29 is 14.5 Å². The highest BCUT2D eigenvalue weighted by Gasteiger charge is 2.69. The topological polar surface area (TPSA) is 105 Å². The first-order valence-electron chi connectivity index (χ1n) is 11.0. The van der Waals surface area contributed by atoms with Crippen molar-refractivity contribution in [2.24, 2.45) is 5.92 Å². The van der Waals surface area contributed by atoms with Crippen molar-refractivity contribution in [1.29, 1.82) is 0 Å². The number of non-ortho nitro benzene ring substituents is 1. The van der Waals surface area contributed by atoms with Gasteiger partial charge in [0.25, 0.3) is 5.69 Å². The maximum Gasteiger partial charge on any atom is 0.269 e. The Morgan fingerprint density at radius 3 is 2.62 bits per heavy atom. The van der Waals surface area contributed by atoms with Gasteiger partial charge in [0.2, 0.25) is 5.91 Å². The Hall–Kier alpha value is -3.56. The molecular weight excluding hydrogens is 452 g/mol. The van der Waals surface area contributed by atoms with E-state index in [0.717, 1.165) is 16.9 Å². The minimum Gasteiger partial charge on any atom is -0.324 e. The number of hydrogen-bond acceptors (Lipinski definition) is 7. The first kappa shape index (κ1) is 21.0. The molecule has 34 heavy (non-hydrogen) atoms. The summed E-state index contributed by atoms with van der Waals surface area (Å²) in [6.07, 6.45) is 1.58. The Morgan fingerprint density at radius 1 is 1.12 bits per heavy atom. The highest BCUT2D eigenvalue weighted by atomic mass is 32.2. The number of rotatable bonds is 4. The molecule has 1 amide bonds. The van der Waals surface area contributed by atoms with E-state index in [1.165, 1.54) is 12.1 Å². The molecule has 3 aliphatic rings. The summed E-state index contributed by atoms with van der Waals surface area (Å²) in [5.41, 5.74) is 1.45. The van der Waals surface area contributed by atoms with Crippen LogP contribution in [-0.2, 0) is 10.3 Å². The van der Waals surface area contributed by atoms with Gasteiger partial charge in [-0.1, -0.05) is 36.4 Å². The van der Waals surface area contributed by atoms with E-state index >= 15 is 0 Å². The van der Waals surface area contributed by atoms with E-state index in [2.05, 4.69) is 15.2 Å². The molecule has 1 aromatic heterocycles. The van der Waals surface area contributed by atoms with Crippen LogP contribution < -0.4 is 5.32 Å². The summed E-state index contributed by atoms with van der Waals surface area (Å²) in [6.45, 7) is 0. The van der Waals surface area contributed by atoms with Crippen molar-refractivity contribution in [2.45, 2.75) is 17.5 Å². The third-order valence-corrected chi connectivity index (χ3v) is 8.25. The summed E-state index contributed by atoms with van der Waals surface area (Å²) in [7, 11) is 0. The maximum atomic E-state index is 14.2. The number of carbonyl (C=O) groups is 2. The van der Waals surface area contributed by atoms with Crippen molar-refractivity contribution >= 4 is 34.8 Å². The molecule has 3 aliphatic heterocycles. The number of benzene rings is 2. The van der Waals surface area contributed by atoms with Gasteiger partial charge in [-0.15, -0.1) is 11.8 Å². The Bertz CT molecular complexity index is 1320. The van der Waals surface area contributed by atoms with Gasteiger partial charge in [-0.05, 0) is 23.8 Å². The highest BCUT2D eigenvalue weighted by Crippen LogP contribution is 2.61. The zero-order valence-electron chi connectivity index (χ0n) is 18.0. The van der Waals surface area contributed by atoms with E-state index in [-0.39, 0.29) is 29.3 Å². The lowest BCUT2D eigenvalue weighted by molar-refractivity contribution is -0.384. The maximum absolute atomic E-state index is 14.2. The molecule has 3 aromatic rings. The summed E-state index contributed by atoms with van der Waals surface area (Å²) in [6, 6.07) is 19.0. The molecule has 4 atom stereocenters. The predicted molar refractivity (Wildman–Crippen MR) is 128 cm³/mol. The second-order valence-electron chi connectivity index (χ2n) is 8.73. The van der Waals surface area contributed by atoms with Gasteiger partial charge < -0.3 is 5.32 Å². The first-order valence-corrected chi connectivity index (χ1v) is 12.1. The Kier molecular flexibility index (Phi) is 4.79. The third-order valence-electron chi connectivity index (χ3n) is 7.22. The molecule has 0 radical (unpaired) electrons. The Morgan fingerprint density at radius 2 is 1.88 bits per heavy atom. The number of nitrogens with zero attached hydrogens (tertiary/aromatic N) is 3. The van der Waals surface area contributed by atoms with Crippen LogP contribution in [0.5, 0.6) is 0 Å². The normalized spacial score (nSPS) is 27.4. The van der Waals surface area contributed by atoms with E-state index in [1.54, 1.807) is 48.3 Å². The van der Waals surface area contributed by atoms with Gasteiger partial charge in [0, 0.05) is 53.2 Å². The van der Waals surface area contributed by atoms with E-state index < -0.39 is 16.4 Å². The number of para-hydroxylation sites is 1. The van der Waals surface area contributed by atoms with Crippen LogP contribution in [0.2, 0.25) is 0 Å². The summed E-state index contributed by atoms with van der Waals surface area (Å²) < 4.78 is 0. The van der Waals surface area contributed by atoms with Gasteiger partial charge in [0.1, 0.15) is 11.2 Å². The molecule has 0 aliphatic carbocycles. The molecule has 6 rings (SSSR count). The quantitative estimate of drug-likeness (QED) is 0.350. The van der Waals surface area contributed by atoms with Crippen LogP contribution in [-0.4, -0.2) is 44.2 Å². The number of nitrogens with one attached hydrogen (secondary N) is 1. The summed E-state index contributed by atoms with van der Waals surface area (Å²) in [5, 5.41) is 14.3. The van der Waals surface area contributed by atoms with Crippen LogP contribution in [0.3, 0.4) is 0 Å². The fraction of sp³-hybridized carbons (Fsp3) is 0.240. The molecule has 0 bridgehead atoms. The predicted octanol–water partition coefficient (Wildman–Crippen LogP) is 3.81.